The first kappa shape index (κ1) is 14.8. The molecule has 2 rings (SSSR count). The Hall–Kier alpha value is -1.58. The van der Waals surface area contributed by atoms with Crippen LogP contribution in [0.3, 0.4) is 0 Å². The lowest BCUT2D eigenvalue weighted by Gasteiger charge is -2.33. The highest BCUT2D eigenvalue weighted by atomic mass is 16.3. The third kappa shape index (κ3) is 3.30. The van der Waals surface area contributed by atoms with E-state index >= 15 is 0 Å². The third-order valence-corrected chi connectivity index (χ3v) is 4.06. The summed E-state index contributed by atoms with van der Waals surface area (Å²) < 4.78 is 5.55. The van der Waals surface area contributed by atoms with Gasteiger partial charge in [-0.1, -0.05) is 0 Å². The second-order valence-electron chi connectivity index (χ2n) is 5.67. The van der Waals surface area contributed by atoms with Gasteiger partial charge in [-0.15, -0.1) is 0 Å². The Balaban J connectivity index is 1.93. The first-order valence-corrected chi connectivity index (χ1v) is 7.38. The fourth-order valence-corrected chi connectivity index (χ4v) is 2.86. The van der Waals surface area contributed by atoms with Crippen LogP contribution < -0.4 is 0 Å². The van der Waals surface area contributed by atoms with Crippen molar-refractivity contribution in [1.82, 2.24) is 4.90 Å². The van der Waals surface area contributed by atoms with E-state index in [9.17, 15) is 9.59 Å². The van der Waals surface area contributed by atoms with Crippen molar-refractivity contribution in [3.8, 4) is 0 Å². The summed E-state index contributed by atoms with van der Waals surface area (Å²) in [5, 5.41) is 0. The van der Waals surface area contributed by atoms with Gasteiger partial charge in [0, 0.05) is 25.4 Å². The van der Waals surface area contributed by atoms with Crippen molar-refractivity contribution in [3.05, 3.63) is 23.2 Å². The number of ketones is 1. The van der Waals surface area contributed by atoms with Crippen molar-refractivity contribution in [3.63, 3.8) is 0 Å². The van der Waals surface area contributed by atoms with Crippen molar-refractivity contribution in [2.75, 3.05) is 6.54 Å². The molecule has 20 heavy (non-hydrogen) atoms. The highest BCUT2D eigenvalue weighted by molar-refractivity contribution is 5.95. The van der Waals surface area contributed by atoms with Gasteiger partial charge in [-0.3, -0.25) is 9.59 Å². The van der Waals surface area contributed by atoms with Crippen LogP contribution >= 0.6 is 0 Å². The Kier molecular flexibility index (Phi) is 4.63. The number of carbonyl (C=O) groups excluding carboxylic acids is 2. The lowest BCUT2D eigenvalue weighted by molar-refractivity contribution is -0.134. The molecule has 4 nitrogen and oxygen atoms in total. The van der Waals surface area contributed by atoms with Crippen LogP contribution in [0.15, 0.2) is 10.5 Å². The molecule has 4 heteroatoms. The molecule has 1 atom stereocenters. The van der Waals surface area contributed by atoms with E-state index < -0.39 is 0 Å². The summed E-state index contributed by atoms with van der Waals surface area (Å²) in [7, 11) is 0. The first-order chi connectivity index (χ1) is 9.49. The number of piperidine rings is 1. The average Bonchev–Trinajstić information content (AvgIpc) is 2.78. The minimum absolute atomic E-state index is 0.00785. The second kappa shape index (κ2) is 6.25. The minimum Gasteiger partial charge on any atom is -0.466 e. The van der Waals surface area contributed by atoms with E-state index in [-0.39, 0.29) is 11.7 Å². The number of rotatable bonds is 4. The maximum absolute atomic E-state index is 12.2. The molecular weight excluding hydrogens is 254 g/mol. The normalized spacial score (nSPS) is 19.1. The summed E-state index contributed by atoms with van der Waals surface area (Å²) in [6.07, 6.45) is 4.43. The van der Waals surface area contributed by atoms with E-state index in [1.54, 1.807) is 13.0 Å². The molecule has 0 aliphatic carbocycles. The van der Waals surface area contributed by atoms with Gasteiger partial charge >= 0.3 is 0 Å². The zero-order valence-electron chi connectivity index (χ0n) is 12.6. The Morgan fingerprint density at radius 3 is 2.75 bits per heavy atom. The highest BCUT2D eigenvalue weighted by Crippen LogP contribution is 2.20. The number of aryl methyl sites for hydroxylation is 2. The van der Waals surface area contributed by atoms with Gasteiger partial charge in [0.1, 0.15) is 11.5 Å². The second-order valence-corrected chi connectivity index (χ2v) is 5.67. The standard InChI is InChI=1S/C16H23NO3/c1-11-6-4-5-9-17(11)16(19)8-7-14-10-15(12(2)18)13(3)20-14/h10-11H,4-9H2,1-3H3/t11-/m0/s1. The highest BCUT2D eigenvalue weighted by Gasteiger charge is 2.23. The monoisotopic (exact) mass is 277 g/mol. The summed E-state index contributed by atoms with van der Waals surface area (Å²) in [4.78, 5) is 25.6. The van der Waals surface area contributed by atoms with Gasteiger partial charge in [0.25, 0.3) is 0 Å². The van der Waals surface area contributed by atoms with Crippen LogP contribution in [0.4, 0.5) is 0 Å². The van der Waals surface area contributed by atoms with E-state index in [0.29, 0.717) is 30.2 Å². The molecule has 1 aromatic heterocycles. The quantitative estimate of drug-likeness (QED) is 0.794. The SMILES string of the molecule is CC(=O)c1cc(CCC(=O)N2CCCC[C@@H]2C)oc1C. The van der Waals surface area contributed by atoms with Crippen molar-refractivity contribution in [2.45, 2.75) is 58.9 Å². The number of hydrogen-bond donors (Lipinski definition) is 0. The first-order valence-electron chi connectivity index (χ1n) is 7.38. The molecule has 0 N–H and O–H groups in total. The largest absolute Gasteiger partial charge is 0.466 e. The summed E-state index contributed by atoms with van der Waals surface area (Å²) in [6, 6.07) is 2.12. The summed E-state index contributed by atoms with van der Waals surface area (Å²) in [5.41, 5.74) is 0.624. The molecule has 1 amide bonds. The van der Waals surface area contributed by atoms with E-state index in [4.69, 9.17) is 4.42 Å². The summed E-state index contributed by atoms with van der Waals surface area (Å²) in [5.74, 6) is 1.57. The van der Waals surface area contributed by atoms with Crippen LogP contribution in [-0.2, 0) is 11.2 Å². The molecule has 110 valence electrons. The zero-order chi connectivity index (χ0) is 14.7. The predicted octanol–water partition coefficient (Wildman–Crippen LogP) is 3.12. The molecule has 0 aromatic carbocycles. The molecule has 2 heterocycles. The van der Waals surface area contributed by atoms with Crippen LogP contribution in [0.5, 0.6) is 0 Å². The molecule has 0 saturated carbocycles. The molecule has 1 aliphatic rings. The molecule has 0 bridgehead atoms. The van der Waals surface area contributed by atoms with Gasteiger partial charge in [0.2, 0.25) is 5.91 Å². The van der Waals surface area contributed by atoms with Crippen LogP contribution in [0.2, 0.25) is 0 Å². The topological polar surface area (TPSA) is 50.5 Å². The molecule has 1 aliphatic heterocycles. The smallest absolute Gasteiger partial charge is 0.223 e. The van der Waals surface area contributed by atoms with E-state index in [1.807, 2.05) is 4.90 Å². The van der Waals surface area contributed by atoms with Gasteiger partial charge < -0.3 is 9.32 Å². The van der Waals surface area contributed by atoms with Crippen molar-refractivity contribution in [2.24, 2.45) is 0 Å². The number of nitrogens with zero attached hydrogens (tertiary/aromatic N) is 1. The van der Waals surface area contributed by atoms with Gasteiger partial charge in [-0.2, -0.15) is 0 Å². The van der Waals surface area contributed by atoms with Crippen LogP contribution in [0.1, 0.15) is 61.4 Å². The average molecular weight is 277 g/mol. The molecule has 0 spiro atoms. The van der Waals surface area contributed by atoms with Crippen molar-refractivity contribution in [1.29, 1.82) is 0 Å². The van der Waals surface area contributed by atoms with Crippen LogP contribution in [0.25, 0.3) is 0 Å². The predicted molar refractivity (Wildman–Crippen MR) is 76.8 cm³/mol. The number of Topliss-reactive ketones (excluding diaryl/α,β-unsaturated/α-hetero) is 1. The summed E-state index contributed by atoms with van der Waals surface area (Å²) >= 11 is 0. The Bertz CT molecular complexity index is 504. The van der Waals surface area contributed by atoms with Gasteiger partial charge in [-0.25, -0.2) is 0 Å². The maximum atomic E-state index is 12.2. The van der Waals surface area contributed by atoms with E-state index in [1.165, 1.54) is 13.3 Å². The fourth-order valence-electron chi connectivity index (χ4n) is 2.86. The number of carbonyl (C=O) groups is 2. The Labute approximate surface area is 120 Å². The summed E-state index contributed by atoms with van der Waals surface area (Å²) in [6.45, 7) is 6.30. The molecule has 0 unspecified atom stereocenters. The van der Waals surface area contributed by atoms with E-state index in [2.05, 4.69) is 6.92 Å². The Morgan fingerprint density at radius 1 is 1.40 bits per heavy atom. The van der Waals surface area contributed by atoms with Gasteiger partial charge in [0.05, 0.1) is 5.56 Å². The zero-order valence-corrected chi connectivity index (χ0v) is 12.6. The van der Waals surface area contributed by atoms with Gasteiger partial charge in [-0.05, 0) is 46.1 Å². The van der Waals surface area contributed by atoms with Crippen LogP contribution in [-0.4, -0.2) is 29.2 Å². The fraction of sp³-hybridized carbons (Fsp3) is 0.625. The molecule has 1 saturated heterocycles. The minimum atomic E-state index is 0.00785. The molecule has 0 radical (unpaired) electrons. The molecule has 1 aromatic rings. The number of likely N-dealkylation sites (tertiary alicyclic amines) is 1. The third-order valence-electron chi connectivity index (χ3n) is 4.06. The Morgan fingerprint density at radius 2 is 2.15 bits per heavy atom. The van der Waals surface area contributed by atoms with Gasteiger partial charge in [0.15, 0.2) is 5.78 Å². The van der Waals surface area contributed by atoms with Crippen molar-refractivity contribution < 1.29 is 14.0 Å². The molecule has 1 fully saturated rings. The number of amides is 1. The van der Waals surface area contributed by atoms with Crippen LogP contribution in [0, 0.1) is 6.92 Å². The van der Waals surface area contributed by atoms with Crippen molar-refractivity contribution >= 4 is 11.7 Å². The van der Waals surface area contributed by atoms with E-state index in [0.717, 1.165) is 25.1 Å². The lowest BCUT2D eigenvalue weighted by atomic mass is 10.0. The lowest BCUT2D eigenvalue weighted by Crippen LogP contribution is -2.42. The maximum Gasteiger partial charge on any atom is 0.223 e. The number of hydrogen-bond acceptors (Lipinski definition) is 3. The number of furan rings is 1. The molecular formula is C16H23NO3.